The zero-order valence-corrected chi connectivity index (χ0v) is 10.2. The molecular weight excluding hydrogens is 200 g/mol. The van der Waals surface area contributed by atoms with Crippen molar-refractivity contribution in [1.29, 1.82) is 5.26 Å². The number of rotatable bonds is 2. The topological polar surface area (TPSA) is 44.1 Å². The van der Waals surface area contributed by atoms with Gasteiger partial charge in [-0.2, -0.15) is 5.26 Å². The van der Waals surface area contributed by atoms with Crippen LogP contribution in [0.2, 0.25) is 0 Å². The Bertz CT molecular complexity index is 319. The molecule has 2 aliphatic carbocycles. The maximum atomic E-state index is 12.1. The first-order valence-corrected chi connectivity index (χ1v) is 6.27. The van der Waals surface area contributed by atoms with E-state index in [2.05, 4.69) is 13.0 Å². The molecular formula is C13H20N2O. The Labute approximate surface area is 97.4 Å². The van der Waals surface area contributed by atoms with Gasteiger partial charge in [0.05, 0.1) is 6.07 Å². The molecule has 0 aliphatic heterocycles. The van der Waals surface area contributed by atoms with Gasteiger partial charge in [0.2, 0.25) is 5.91 Å². The smallest absolute Gasteiger partial charge is 0.243 e. The fourth-order valence-electron chi connectivity index (χ4n) is 2.63. The Balaban J connectivity index is 1.95. The predicted molar refractivity (Wildman–Crippen MR) is 61.5 cm³/mol. The van der Waals surface area contributed by atoms with Crippen molar-refractivity contribution in [3.63, 3.8) is 0 Å². The molecule has 0 atom stereocenters. The van der Waals surface area contributed by atoms with Crippen LogP contribution in [0.4, 0.5) is 0 Å². The van der Waals surface area contributed by atoms with Gasteiger partial charge in [-0.05, 0) is 44.4 Å². The molecule has 88 valence electrons. The molecule has 2 fully saturated rings. The monoisotopic (exact) mass is 220 g/mol. The molecule has 3 nitrogen and oxygen atoms in total. The van der Waals surface area contributed by atoms with Crippen molar-refractivity contribution >= 4 is 5.91 Å². The van der Waals surface area contributed by atoms with Crippen LogP contribution in [-0.2, 0) is 4.79 Å². The standard InChI is InChI=1S/C13H20N2O/c1-10-3-5-11(6-4-10)15(2)12(16)13(9-14)7-8-13/h10-11H,3-8H2,1-2H3. The Kier molecular flexibility index (Phi) is 2.92. The van der Waals surface area contributed by atoms with Crippen molar-refractivity contribution in [1.82, 2.24) is 4.90 Å². The van der Waals surface area contributed by atoms with E-state index in [1.165, 1.54) is 12.8 Å². The van der Waals surface area contributed by atoms with Crippen LogP contribution in [0, 0.1) is 22.7 Å². The van der Waals surface area contributed by atoms with Crippen molar-refractivity contribution < 1.29 is 4.79 Å². The van der Waals surface area contributed by atoms with Crippen LogP contribution in [-0.4, -0.2) is 23.9 Å². The number of nitrogens with zero attached hydrogens (tertiary/aromatic N) is 2. The first-order chi connectivity index (χ1) is 7.59. The molecule has 0 unspecified atom stereocenters. The highest BCUT2D eigenvalue weighted by Gasteiger charge is 2.52. The van der Waals surface area contributed by atoms with Gasteiger partial charge in [0, 0.05) is 13.1 Å². The molecule has 0 radical (unpaired) electrons. The Morgan fingerprint density at radius 2 is 1.88 bits per heavy atom. The summed E-state index contributed by atoms with van der Waals surface area (Å²) >= 11 is 0. The lowest BCUT2D eigenvalue weighted by atomic mass is 9.86. The SMILES string of the molecule is CC1CCC(N(C)C(=O)C2(C#N)CC2)CC1. The van der Waals surface area contributed by atoms with E-state index in [4.69, 9.17) is 5.26 Å². The number of nitriles is 1. The Morgan fingerprint density at radius 1 is 1.31 bits per heavy atom. The van der Waals surface area contributed by atoms with Gasteiger partial charge in [0.25, 0.3) is 0 Å². The normalized spacial score (nSPS) is 31.6. The molecule has 0 spiro atoms. The second kappa shape index (κ2) is 4.08. The summed E-state index contributed by atoms with van der Waals surface area (Å²) in [5, 5.41) is 9.02. The van der Waals surface area contributed by atoms with Gasteiger partial charge in [-0.3, -0.25) is 4.79 Å². The quantitative estimate of drug-likeness (QED) is 0.717. The highest BCUT2D eigenvalue weighted by molar-refractivity contribution is 5.88. The number of carbonyl (C=O) groups is 1. The van der Waals surface area contributed by atoms with Gasteiger partial charge in [-0.1, -0.05) is 6.92 Å². The Hall–Kier alpha value is -1.04. The van der Waals surface area contributed by atoms with E-state index < -0.39 is 5.41 Å². The fourth-order valence-corrected chi connectivity index (χ4v) is 2.63. The maximum Gasteiger partial charge on any atom is 0.243 e. The number of hydrogen-bond donors (Lipinski definition) is 0. The molecule has 0 bridgehead atoms. The van der Waals surface area contributed by atoms with Gasteiger partial charge in [-0.15, -0.1) is 0 Å². The van der Waals surface area contributed by atoms with Crippen LogP contribution in [0.3, 0.4) is 0 Å². The average molecular weight is 220 g/mol. The Morgan fingerprint density at radius 3 is 2.31 bits per heavy atom. The molecule has 0 aromatic rings. The van der Waals surface area contributed by atoms with Gasteiger partial charge in [0.1, 0.15) is 5.41 Å². The van der Waals surface area contributed by atoms with Gasteiger partial charge in [-0.25, -0.2) is 0 Å². The summed E-state index contributed by atoms with van der Waals surface area (Å²) in [6.45, 7) is 2.27. The minimum atomic E-state index is -0.641. The maximum absolute atomic E-state index is 12.1. The number of carbonyl (C=O) groups excluding carboxylic acids is 1. The lowest BCUT2D eigenvalue weighted by Crippen LogP contribution is -2.42. The van der Waals surface area contributed by atoms with E-state index in [-0.39, 0.29) is 5.91 Å². The zero-order chi connectivity index (χ0) is 11.8. The predicted octanol–water partition coefficient (Wildman–Crippen LogP) is 2.33. The van der Waals surface area contributed by atoms with Crippen molar-refractivity contribution in [2.75, 3.05) is 7.05 Å². The first-order valence-electron chi connectivity index (χ1n) is 6.27. The zero-order valence-electron chi connectivity index (χ0n) is 10.2. The van der Waals surface area contributed by atoms with E-state index in [1.807, 2.05) is 11.9 Å². The van der Waals surface area contributed by atoms with Crippen molar-refractivity contribution in [2.24, 2.45) is 11.3 Å². The molecule has 1 amide bonds. The summed E-state index contributed by atoms with van der Waals surface area (Å²) in [6.07, 6.45) is 6.14. The molecule has 2 rings (SSSR count). The summed E-state index contributed by atoms with van der Waals surface area (Å²) in [4.78, 5) is 14.0. The van der Waals surface area contributed by atoms with Crippen molar-refractivity contribution in [2.45, 2.75) is 51.5 Å². The molecule has 0 aromatic heterocycles. The van der Waals surface area contributed by atoms with Gasteiger partial charge >= 0.3 is 0 Å². The number of hydrogen-bond acceptors (Lipinski definition) is 2. The molecule has 3 heteroatoms. The second-order valence-corrected chi connectivity index (χ2v) is 5.52. The highest BCUT2D eigenvalue weighted by atomic mass is 16.2. The van der Waals surface area contributed by atoms with Crippen LogP contribution in [0.5, 0.6) is 0 Å². The van der Waals surface area contributed by atoms with Crippen LogP contribution in [0.1, 0.15) is 45.4 Å². The lowest BCUT2D eigenvalue weighted by Gasteiger charge is -2.34. The van der Waals surface area contributed by atoms with Gasteiger partial charge < -0.3 is 4.90 Å². The molecule has 16 heavy (non-hydrogen) atoms. The number of amides is 1. The van der Waals surface area contributed by atoms with Crippen LogP contribution in [0.25, 0.3) is 0 Å². The van der Waals surface area contributed by atoms with E-state index in [1.54, 1.807) is 0 Å². The third-order valence-corrected chi connectivity index (χ3v) is 4.23. The molecule has 2 saturated carbocycles. The van der Waals surface area contributed by atoms with Gasteiger partial charge in [0.15, 0.2) is 0 Å². The first kappa shape index (κ1) is 11.4. The summed E-state index contributed by atoms with van der Waals surface area (Å²) < 4.78 is 0. The lowest BCUT2D eigenvalue weighted by molar-refractivity contribution is -0.136. The van der Waals surface area contributed by atoms with Crippen LogP contribution in [0.15, 0.2) is 0 Å². The highest BCUT2D eigenvalue weighted by Crippen LogP contribution is 2.47. The summed E-state index contributed by atoms with van der Waals surface area (Å²) in [5.41, 5.74) is -0.641. The van der Waals surface area contributed by atoms with E-state index in [0.717, 1.165) is 31.6 Å². The minimum Gasteiger partial charge on any atom is -0.341 e. The largest absolute Gasteiger partial charge is 0.341 e. The summed E-state index contributed by atoms with van der Waals surface area (Å²) in [7, 11) is 1.88. The van der Waals surface area contributed by atoms with E-state index in [0.29, 0.717) is 6.04 Å². The van der Waals surface area contributed by atoms with Crippen LogP contribution >= 0.6 is 0 Å². The fraction of sp³-hybridized carbons (Fsp3) is 0.846. The molecule has 0 heterocycles. The molecule has 2 aliphatic rings. The molecule has 0 saturated heterocycles. The summed E-state index contributed by atoms with van der Waals surface area (Å²) in [5.74, 6) is 0.861. The van der Waals surface area contributed by atoms with E-state index in [9.17, 15) is 4.79 Å². The summed E-state index contributed by atoms with van der Waals surface area (Å²) in [6, 6.07) is 2.56. The average Bonchev–Trinajstić information content (AvgIpc) is 3.09. The van der Waals surface area contributed by atoms with Crippen molar-refractivity contribution in [3.8, 4) is 6.07 Å². The van der Waals surface area contributed by atoms with E-state index >= 15 is 0 Å². The third kappa shape index (κ3) is 1.93. The third-order valence-electron chi connectivity index (χ3n) is 4.23. The van der Waals surface area contributed by atoms with Crippen LogP contribution < -0.4 is 0 Å². The van der Waals surface area contributed by atoms with Crippen molar-refractivity contribution in [3.05, 3.63) is 0 Å². The molecule has 0 aromatic carbocycles. The minimum absolute atomic E-state index is 0.0644. The molecule has 0 N–H and O–H groups in total. The second-order valence-electron chi connectivity index (χ2n) is 5.52.